The summed E-state index contributed by atoms with van der Waals surface area (Å²) in [6.45, 7) is 7.47. The van der Waals surface area contributed by atoms with Gasteiger partial charge in [-0.2, -0.15) is 13.1 Å². The van der Waals surface area contributed by atoms with Crippen LogP contribution in [0.25, 0.3) is 10.9 Å². The zero-order valence-corrected chi connectivity index (χ0v) is 28.7. The summed E-state index contributed by atoms with van der Waals surface area (Å²) >= 11 is 5.86. The van der Waals surface area contributed by atoms with E-state index in [1.807, 2.05) is 0 Å². The number of benzene rings is 2. The van der Waals surface area contributed by atoms with Crippen LogP contribution in [0, 0.1) is 5.82 Å². The Hall–Kier alpha value is -3.55. The summed E-state index contributed by atoms with van der Waals surface area (Å²) in [5, 5.41) is 2.94. The lowest BCUT2D eigenvalue weighted by atomic mass is 10.1. The summed E-state index contributed by atoms with van der Waals surface area (Å²) in [5.41, 5.74) is 0.811. The molecule has 0 aliphatic carbocycles. The number of amides is 2. The molecule has 1 aromatic heterocycles. The molecule has 249 valence electrons. The zero-order valence-electron chi connectivity index (χ0n) is 26.0. The van der Waals surface area contributed by atoms with E-state index in [0.717, 1.165) is 0 Å². The third-order valence-corrected chi connectivity index (χ3v) is 11.8. The van der Waals surface area contributed by atoms with Crippen molar-refractivity contribution in [3.63, 3.8) is 0 Å². The Morgan fingerprint density at radius 1 is 1.20 bits per heavy atom. The van der Waals surface area contributed by atoms with Crippen LogP contribution in [0.3, 0.4) is 0 Å². The molecule has 2 amide bonds. The number of fused-ring (bicyclic) bond motifs is 1. The van der Waals surface area contributed by atoms with Gasteiger partial charge in [0.25, 0.3) is 0 Å². The maximum Gasteiger partial charge on any atom is 0.510 e. The summed E-state index contributed by atoms with van der Waals surface area (Å²) < 4.78 is 43.4. The van der Waals surface area contributed by atoms with Crippen LogP contribution in [0.1, 0.15) is 36.7 Å². The van der Waals surface area contributed by atoms with Gasteiger partial charge in [-0.05, 0) is 39.0 Å². The first-order valence-electron chi connectivity index (χ1n) is 14.4. The molecule has 3 aromatic rings. The van der Waals surface area contributed by atoms with Crippen molar-refractivity contribution < 1.29 is 47.0 Å². The third kappa shape index (κ3) is 8.23. The van der Waals surface area contributed by atoms with Crippen LogP contribution in [-0.4, -0.2) is 71.3 Å². The topological polar surface area (TPSA) is 153 Å². The van der Waals surface area contributed by atoms with E-state index in [0.29, 0.717) is 23.1 Å². The number of carbonyl (C=O) groups excluding carboxylic acids is 4. The number of hydrogen-bond donors (Lipinski definition) is 2. The van der Waals surface area contributed by atoms with Gasteiger partial charge in [0.1, 0.15) is 12.4 Å². The van der Waals surface area contributed by atoms with E-state index in [9.17, 15) is 33.0 Å². The third-order valence-electron chi connectivity index (χ3n) is 7.44. The van der Waals surface area contributed by atoms with Crippen LogP contribution in [-0.2, 0) is 41.2 Å². The number of ketones is 1. The van der Waals surface area contributed by atoms with Gasteiger partial charge < -0.3 is 29.2 Å². The minimum atomic E-state index is -4.52. The Morgan fingerprint density at radius 2 is 1.91 bits per heavy atom. The molecule has 0 saturated carbocycles. The molecule has 16 heteroatoms. The average molecular weight is 696 g/mol. The Labute approximate surface area is 271 Å². The Kier molecular flexibility index (Phi) is 10.8. The predicted octanol–water partition coefficient (Wildman–Crippen LogP) is 4.76. The molecule has 2 heterocycles. The van der Waals surface area contributed by atoms with Crippen LogP contribution < -0.4 is 10.6 Å². The normalized spacial score (nSPS) is 17.2. The van der Waals surface area contributed by atoms with Crippen molar-refractivity contribution in [2.24, 2.45) is 0 Å². The van der Waals surface area contributed by atoms with Crippen molar-refractivity contribution in [1.29, 1.82) is 0 Å². The smallest absolute Gasteiger partial charge is 0.432 e. The fourth-order valence-corrected chi connectivity index (χ4v) is 9.29. The molecular weight excluding hydrogens is 660 g/mol. The van der Waals surface area contributed by atoms with Crippen molar-refractivity contribution in [2.75, 3.05) is 13.0 Å². The lowest BCUT2D eigenvalue weighted by molar-refractivity contribution is -0.138. The van der Waals surface area contributed by atoms with E-state index >= 15 is 0 Å². The highest BCUT2D eigenvalue weighted by molar-refractivity contribution is 7.61. The van der Waals surface area contributed by atoms with Crippen molar-refractivity contribution in [3.05, 3.63) is 64.6 Å². The molecule has 0 bridgehead atoms. The summed E-state index contributed by atoms with van der Waals surface area (Å²) in [5.74, 6) is -1.74. The predicted molar refractivity (Wildman–Crippen MR) is 171 cm³/mol. The van der Waals surface area contributed by atoms with Gasteiger partial charge >= 0.3 is 13.8 Å². The quantitative estimate of drug-likeness (QED) is 0.0951. The molecule has 1 aliphatic rings. The first kappa shape index (κ1) is 35.3. The molecule has 1 saturated heterocycles. The van der Waals surface area contributed by atoms with Gasteiger partial charge in [0.15, 0.2) is 5.78 Å². The van der Waals surface area contributed by atoms with Gasteiger partial charge in [-0.1, -0.05) is 36.0 Å². The minimum absolute atomic E-state index is 0.0613. The van der Waals surface area contributed by atoms with Crippen molar-refractivity contribution in [1.82, 2.24) is 14.8 Å². The highest BCUT2D eigenvalue weighted by Crippen LogP contribution is 2.41. The summed E-state index contributed by atoms with van der Waals surface area (Å²) in [4.78, 5) is 63.2. The first-order chi connectivity index (χ1) is 21.5. The molecule has 4 rings (SSSR count). The molecule has 1 fully saturated rings. The maximum absolute atomic E-state index is 14.4. The maximum atomic E-state index is 14.4. The van der Waals surface area contributed by atoms with Gasteiger partial charge in [-0.3, -0.25) is 23.5 Å². The average Bonchev–Trinajstić information content (AvgIpc) is 3.49. The summed E-state index contributed by atoms with van der Waals surface area (Å²) in [6, 6.07) is 8.33. The number of hydrogen-bond acceptors (Lipinski definition) is 8. The standard InChI is InChI=1S/C30H36ClFN3O9PSi/c1-18(2)44-30(39)42-17-43-45(40,41)21-9-10-22-23(19(3)36)13-34(25(22)11-21)14-27(37)35-16-46(4,5)15-26(35)29(38)33-12-20-7-6-8-24(31)28(20)32/h6-11,13,18,26H,12,14-17H2,1-5H3,(H,33,38)(H,40,41)/q-1/t26-/m0/s1. The lowest BCUT2D eigenvalue weighted by Crippen LogP contribution is -2.46. The second kappa shape index (κ2) is 14.1. The van der Waals surface area contributed by atoms with E-state index in [-0.39, 0.29) is 40.3 Å². The number of rotatable bonds is 11. The number of nitrogens with one attached hydrogen (secondary N) is 1. The number of nitrogens with zero attached hydrogens (tertiary/aromatic N) is 2. The fourth-order valence-electron chi connectivity index (χ4n) is 5.30. The highest BCUT2D eigenvalue weighted by atomic mass is 35.5. The van der Waals surface area contributed by atoms with Crippen LogP contribution in [0.5, 0.6) is 0 Å². The summed E-state index contributed by atoms with van der Waals surface area (Å²) in [6.07, 6.45) is 0.358. The second-order valence-electron chi connectivity index (χ2n) is 12.1. The van der Waals surface area contributed by atoms with Gasteiger partial charge in [0, 0.05) is 29.3 Å². The zero-order chi connectivity index (χ0) is 34.0. The van der Waals surface area contributed by atoms with Crippen molar-refractivity contribution in [2.45, 2.75) is 65.1 Å². The monoisotopic (exact) mass is 695 g/mol. The lowest BCUT2D eigenvalue weighted by Gasteiger charge is -2.28. The SMILES string of the molecule is CC(=O)c1cn(CC(=O)N2C[Si-](C)(C)C[C@H]2C(=O)NCc2cccc(Cl)c2F)c2cc(P(=O)(O)OCOC(=O)OC(C)C)ccc12. The molecule has 2 aromatic carbocycles. The van der Waals surface area contributed by atoms with Crippen molar-refractivity contribution in [3.8, 4) is 0 Å². The number of aromatic nitrogens is 1. The van der Waals surface area contributed by atoms with Crippen LogP contribution >= 0.6 is 19.2 Å². The van der Waals surface area contributed by atoms with E-state index in [2.05, 4.69) is 18.4 Å². The molecule has 1 unspecified atom stereocenters. The van der Waals surface area contributed by atoms with Crippen LogP contribution in [0.2, 0.25) is 24.2 Å². The number of carbonyl (C=O) groups is 4. The van der Waals surface area contributed by atoms with Gasteiger partial charge in [-0.25, -0.2) is 9.18 Å². The fraction of sp³-hybridized carbons (Fsp3) is 0.400. The Bertz CT molecular complexity index is 1730. The molecule has 0 radical (unpaired) electrons. The molecule has 2 atom stereocenters. The van der Waals surface area contributed by atoms with Crippen LogP contribution in [0.4, 0.5) is 9.18 Å². The van der Waals surface area contributed by atoms with Crippen LogP contribution in [0.15, 0.2) is 42.6 Å². The van der Waals surface area contributed by atoms with Gasteiger partial charge in [-0.15, -0.1) is 14.1 Å². The van der Waals surface area contributed by atoms with Gasteiger partial charge in [0.2, 0.25) is 18.6 Å². The molecule has 2 N–H and O–H groups in total. The van der Waals surface area contributed by atoms with Gasteiger partial charge in [0.05, 0.1) is 28.0 Å². The second-order valence-corrected chi connectivity index (χ2v) is 19.4. The molecule has 46 heavy (non-hydrogen) atoms. The first-order valence-corrected chi connectivity index (χ1v) is 19.8. The molecular formula is C30H36ClFN3O9PSi-. The van der Waals surface area contributed by atoms with Crippen molar-refractivity contribution >= 4 is 67.2 Å². The summed E-state index contributed by atoms with van der Waals surface area (Å²) in [7, 11) is -6.53. The van der Waals surface area contributed by atoms with E-state index in [4.69, 9.17) is 25.6 Å². The number of Topliss-reactive ketones (excluding diaryl/α,β-unsaturated/α-hetero) is 1. The number of halogens is 2. The molecule has 1 aliphatic heterocycles. The molecule has 12 nitrogen and oxygen atoms in total. The number of ether oxygens (including phenoxy) is 2. The van der Waals surface area contributed by atoms with E-state index in [1.165, 1.54) is 52.9 Å². The largest absolute Gasteiger partial charge is 0.510 e. The molecule has 0 spiro atoms. The van der Waals surface area contributed by atoms with E-state index < -0.39 is 58.4 Å². The van der Waals surface area contributed by atoms with E-state index in [1.54, 1.807) is 19.9 Å². The Morgan fingerprint density at radius 3 is 2.59 bits per heavy atom. The Balaban J connectivity index is 1.55. The highest BCUT2D eigenvalue weighted by Gasteiger charge is 2.38. The minimum Gasteiger partial charge on any atom is -0.432 e.